The number of amides is 2. The molecule has 0 radical (unpaired) electrons. The zero-order chi connectivity index (χ0) is 11.0. The van der Waals surface area contributed by atoms with Crippen LogP contribution in [0.5, 0.6) is 0 Å². The number of hydrogen-bond donors (Lipinski definition) is 1. The molecular formula is C11H9NO3. The summed E-state index contributed by atoms with van der Waals surface area (Å²) in [7, 11) is 0. The number of benzene rings is 1. The van der Waals surface area contributed by atoms with E-state index in [1.807, 2.05) is 0 Å². The summed E-state index contributed by atoms with van der Waals surface area (Å²) < 4.78 is 0. The van der Waals surface area contributed by atoms with Crippen LogP contribution >= 0.6 is 0 Å². The van der Waals surface area contributed by atoms with E-state index in [9.17, 15) is 14.4 Å². The van der Waals surface area contributed by atoms with Crippen LogP contribution in [0.25, 0.3) is 0 Å². The predicted octanol–water partition coefficient (Wildman–Crippen LogP) is 0.702. The van der Waals surface area contributed by atoms with Crippen LogP contribution < -0.4 is 5.32 Å². The van der Waals surface area contributed by atoms with Crippen molar-refractivity contribution >= 4 is 17.6 Å². The number of carbonyl (C=O) groups is 3. The van der Waals surface area contributed by atoms with Gasteiger partial charge < -0.3 is 0 Å². The molecule has 0 bridgehead atoms. The molecule has 1 N–H and O–H groups in total. The monoisotopic (exact) mass is 203 g/mol. The van der Waals surface area contributed by atoms with Crippen LogP contribution in [0.1, 0.15) is 33.2 Å². The largest absolute Gasteiger partial charge is 0.300 e. The Labute approximate surface area is 86.3 Å². The van der Waals surface area contributed by atoms with Crippen molar-refractivity contribution < 1.29 is 14.4 Å². The van der Waals surface area contributed by atoms with Crippen molar-refractivity contribution in [1.82, 2.24) is 5.32 Å². The molecule has 1 aromatic rings. The minimum absolute atomic E-state index is 0.0319. The highest BCUT2D eigenvalue weighted by Gasteiger charge is 2.28. The van der Waals surface area contributed by atoms with Crippen molar-refractivity contribution in [2.75, 3.05) is 0 Å². The molecule has 76 valence electrons. The lowest BCUT2D eigenvalue weighted by atomic mass is 9.99. The molecule has 1 aliphatic rings. The quantitative estimate of drug-likeness (QED) is 0.719. The van der Waals surface area contributed by atoms with Crippen molar-refractivity contribution in [1.29, 1.82) is 0 Å². The fourth-order valence-electron chi connectivity index (χ4n) is 1.71. The van der Waals surface area contributed by atoms with E-state index in [-0.39, 0.29) is 18.1 Å². The van der Waals surface area contributed by atoms with E-state index in [2.05, 4.69) is 5.32 Å². The normalized spacial score (nSPS) is 13.7. The average molecular weight is 203 g/mol. The molecule has 1 aliphatic heterocycles. The number of Topliss-reactive ketones (excluding diaryl/α,β-unsaturated/α-hetero) is 1. The first kappa shape index (κ1) is 9.58. The van der Waals surface area contributed by atoms with E-state index in [4.69, 9.17) is 0 Å². The second-order valence-electron chi connectivity index (χ2n) is 3.50. The van der Waals surface area contributed by atoms with E-state index in [1.165, 1.54) is 6.92 Å². The van der Waals surface area contributed by atoms with Gasteiger partial charge in [0.1, 0.15) is 5.78 Å². The smallest absolute Gasteiger partial charge is 0.259 e. The Balaban J connectivity index is 2.55. The summed E-state index contributed by atoms with van der Waals surface area (Å²) in [4.78, 5) is 33.7. The van der Waals surface area contributed by atoms with Gasteiger partial charge in [-0.25, -0.2) is 0 Å². The van der Waals surface area contributed by atoms with Gasteiger partial charge in [0.25, 0.3) is 11.8 Å². The van der Waals surface area contributed by atoms with Crippen LogP contribution in [0, 0.1) is 0 Å². The van der Waals surface area contributed by atoms with E-state index in [1.54, 1.807) is 18.2 Å². The Morgan fingerprint density at radius 3 is 2.67 bits per heavy atom. The van der Waals surface area contributed by atoms with Crippen LogP contribution in [-0.4, -0.2) is 17.6 Å². The standard InChI is InChI=1S/C11H9NO3/c1-6(13)5-7-3-2-4-8-9(7)11(15)12-10(8)14/h2-4H,5H2,1H3,(H,12,14,15). The molecule has 0 saturated carbocycles. The van der Waals surface area contributed by atoms with E-state index < -0.39 is 5.91 Å². The molecule has 2 rings (SSSR count). The Hall–Kier alpha value is -1.97. The topological polar surface area (TPSA) is 63.2 Å². The summed E-state index contributed by atoms with van der Waals surface area (Å²) in [5.41, 5.74) is 1.32. The number of fused-ring (bicyclic) bond motifs is 1. The van der Waals surface area contributed by atoms with E-state index in [0.29, 0.717) is 16.7 Å². The molecular weight excluding hydrogens is 194 g/mol. The van der Waals surface area contributed by atoms with Crippen molar-refractivity contribution in [2.24, 2.45) is 0 Å². The molecule has 1 aromatic carbocycles. The van der Waals surface area contributed by atoms with Crippen LogP contribution in [0.4, 0.5) is 0 Å². The fourth-order valence-corrected chi connectivity index (χ4v) is 1.71. The molecule has 1 heterocycles. The molecule has 15 heavy (non-hydrogen) atoms. The van der Waals surface area contributed by atoms with Gasteiger partial charge >= 0.3 is 0 Å². The third-order valence-corrected chi connectivity index (χ3v) is 2.29. The van der Waals surface area contributed by atoms with Gasteiger partial charge in [-0.2, -0.15) is 0 Å². The zero-order valence-corrected chi connectivity index (χ0v) is 8.16. The van der Waals surface area contributed by atoms with Gasteiger partial charge in [0.2, 0.25) is 0 Å². The number of carbonyl (C=O) groups excluding carboxylic acids is 3. The van der Waals surface area contributed by atoms with Crippen molar-refractivity contribution in [2.45, 2.75) is 13.3 Å². The van der Waals surface area contributed by atoms with Crippen LogP contribution in [0.2, 0.25) is 0 Å². The number of imide groups is 1. The van der Waals surface area contributed by atoms with Crippen LogP contribution in [0.15, 0.2) is 18.2 Å². The molecule has 0 spiro atoms. The fraction of sp³-hybridized carbons (Fsp3) is 0.182. The van der Waals surface area contributed by atoms with Gasteiger partial charge in [-0.3, -0.25) is 19.7 Å². The summed E-state index contributed by atoms with van der Waals surface area (Å²) in [6.07, 6.45) is 0.184. The summed E-state index contributed by atoms with van der Waals surface area (Å²) in [5, 5.41) is 2.21. The van der Waals surface area contributed by atoms with Gasteiger partial charge in [-0.15, -0.1) is 0 Å². The molecule has 4 nitrogen and oxygen atoms in total. The lowest BCUT2D eigenvalue weighted by Gasteiger charge is -2.02. The van der Waals surface area contributed by atoms with Crippen LogP contribution in [0.3, 0.4) is 0 Å². The molecule has 0 saturated heterocycles. The first-order valence-corrected chi connectivity index (χ1v) is 4.56. The Bertz CT molecular complexity index is 477. The zero-order valence-electron chi connectivity index (χ0n) is 8.16. The molecule has 2 amide bonds. The maximum Gasteiger partial charge on any atom is 0.259 e. The number of rotatable bonds is 2. The maximum absolute atomic E-state index is 11.4. The van der Waals surface area contributed by atoms with E-state index >= 15 is 0 Å². The first-order chi connectivity index (χ1) is 7.09. The SMILES string of the molecule is CC(=O)Cc1cccc2c1C(=O)NC2=O. The Morgan fingerprint density at radius 2 is 2.00 bits per heavy atom. The highest BCUT2D eigenvalue weighted by Crippen LogP contribution is 2.20. The number of ketones is 1. The van der Waals surface area contributed by atoms with Crippen molar-refractivity contribution in [3.8, 4) is 0 Å². The van der Waals surface area contributed by atoms with Gasteiger partial charge in [0, 0.05) is 6.42 Å². The third-order valence-electron chi connectivity index (χ3n) is 2.29. The maximum atomic E-state index is 11.4. The minimum Gasteiger partial charge on any atom is -0.300 e. The second kappa shape index (κ2) is 3.31. The second-order valence-corrected chi connectivity index (χ2v) is 3.50. The number of hydrogen-bond acceptors (Lipinski definition) is 3. The molecule has 0 aromatic heterocycles. The van der Waals surface area contributed by atoms with Crippen molar-refractivity contribution in [3.63, 3.8) is 0 Å². The third kappa shape index (κ3) is 1.54. The highest BCUT2D eigenvalue weighted by molar-refractivity contribution is 6.22. The lowest BCUT2D eigenvalue weighted by molar-refractivity contribution is -0.116. The van der Waals surface area contributed by atoms with Gasteiger partial charge in [0.15, 0.2) is 0 Å². The van der Waals surface area contributed by atoms with Gasteiger partial charge in [-0.1, -0.05) is 12.1 Å². The number of nitrogens with one attached hydrogen (secondary N) is 1. The summed E-state index contributed by atoms with van der Waals surface area (Å²) >= 11 is 0. The summed E-state index contributed by atoms with van der Waals surface area (Å²) in [6.45, 7) is 1.45. The Morgan fingerprint density at radius 1 is 1.27 bits per heavy atom. The Kier molecular flexibility index (Phi) is 2.11. The lowest BCUT2D eigenvalue weighted by Crippen LogP contribution is -2.20. The van der Waals surface area contributed by atoms with Gasteiger partial charge in [-0.05, 0) is 18.6 Å². The summed E-state index contributed by atoms with van der Waals surface area (Å²) in [6, 6.07) is 4.95. The minimum atomic E-state index is -0.410. The summed E-state index contributed by atoms with van der Waals surface area (Å²) in [5.74, 6) is -0.831. The predicted molar refractivity (Wildman–Crippen MR) is 52.6 cm³/mol. The van der Waals surface area contributed by atoms with Crippen molar-refractivity contribution in [3.05, 3.63) is 34.9 Å². The molecule has 0 unspecified atom stereocenters. The first-order valence-electron chi connectivity index (χ1n) is 4.56. The molecule has 0 aliphatic carbocycles. The molecule has 0 fully saturated rings. The van der Waals surface area contributed by atoms with Gasteiger partial charge in [0.05, 0.1) is 11.1 Å². The molecule has 0 atom stereocenters. The molecule has 4 heteroatoms. The van der Waals surface area contributed by atoms with E-state index in [0.717, 1.165) is 0 Å². The van der Waals surface area contributed by atoms with Crippen LogP contribution in [-0.2, 0) is 11.2 Å². The highest BCUT2D eigenvalue weighted by atomic mass is 16.2. The average Bonchev–Trinajstić information content (AvgIpc) is 2.43.